The van der Waals surface area contributed by atoms with Gasteiger partial charge in [0.15, 0.2) is 0 Å². The zero-order chi connectivity index (χ0) is 14.2. The number of thiazole rings is 1. The van der Waals surface area contributed by atoms with E-state index in [1.807, 2.05) is 18.4 Å². The van der Waals surface area contributed by atoms with Crippen molar-refractivity contribution in [2.45, 2.75) is 32.2 Å². The molecule has 0 fully saturated rings. The summed E-state index contributed by atoms with van der Waals surface area (Å²) in [5.74, 6) is 0. The number of hydrogen-bond acceptors (Lipinski definition) is 3. The molecule has 3 heteroatoms. The molecular weight excluding hydrogens is 264 g/mol. The minimum atomic E-state index is -0.221. The van der Waals surface area contributed by atoms with Gasteiger partial charge in [0.1, 0.15) is 5.01 Å². The number of hydrogen-bond donors (Lipinski definition) is 1. The van der Waals surface area contributed by atoms with Crippen LogP contribution < -0.4 is 5.32 Å². The maximum atomic E-state index is 4.92. The summed E-state index contributed by atoms with van der Waals surface area (Å²) in [7, 11) is 2.02. The molecule has 1 aliphatic rings. The van der Waals surface area contributed by atoms with Gasteiger partial charge in [-0.15, -0.1) is 11.3 Å². The lowest BCUT2D eigenvalue weighted by molar-refractivity contribution is 0.478. The highest BCUT2D eigenvalue weighted by molar-refractivity contribution is 7.12. The van der Waals surface area contributed by atoms with E-state index in [-0.39, 0.29) is 5.54 Å². The van der Waals surface area contributed by atoms with E-state index in [2.05, 4.69) is 55.6 Å². The fraction of sp³-hybridized carbons (Fsp3) is 0.353. The Bertz CT molecular complexity index is 657. The summed E-state index contributed by atoms with van der Waals surface area (Å²) in [5.41, 5.74) is 3.63. The van der Waals surface area contributed by atoms with Crippen molar-refractivity contribution in [3.8, 4) is 0 Å². The van der Waals surface area contributed by atoms with E-state index < -0.39 is 0 Å². The standard InChI is InChI=1S/C17H20N2S/c1-12-8-4-5-9-13(12)17(2,18-3)16-19-14-10-6-7-11-15(14)20-16/h4-5,7-9,11,18H,6,10H2,1-3H3. The fourth-order valence-corrected chi connectivity index (χ4v) is 4.00. The zero-order valence-electron chi connectivity index (χ0n) is 12.2. The third kappa shape index (κ3) is 2.11. The first-order chi connectivity index (χ1) is 9.65. The lowest BCUT2D eigenvalue weighted by Gasteiger charge is -2.29. The van der Waals surface area contributed by atoms with E-state index in [9.17, 15) is 0 Å². The second-order valence-electron chi connectivity index (χ2n) is 5.46. The number of rotatable bonds is 3. The third-order valence-electron chi connectivity index (χ3n) is 4.16. The summed E-state index contributed by atoms with van der Waals surface area (Å²) in [4.78, 5) is 6.24. The maximum absolute atomic E-state index is 4.92. The van der Waals surface area contributed by atoms with E-state index in [4.69, 9.17) is 4.98 Å². The summed E-state index contributed by atoms with van der Waals surface area (Å²) < 4.78 is 0. The smallest absolute Gasteiger partial charge is 0.118 e. The van der Waals surface area contributed by atoms with Crippen molar-refractivity contribution in [3.05, 3.63) is 57.0 Å². The van der Waals surface area contributed by atoms with Gasteiger partial charge in [0.05, 0.1) is 16.1 Å². The Morgan fingerprint density at radius 1 is 1.30 bits per heavy atom. The average molecular weight is 284 g/mol. The van der Waals surface area contributed by atoms with Gasteiger partial charge in [-0.3, -0.25) is 0 Å². The van der Waals surface area contributed by atoms with Gasteiger partial charge in [-0.2, -0.15) is 0 Å². The predicted molar refractivity (Wildman–Crippen MR) is 86.2 cm³/mol. The van der Waals surface area contributed by atoms with E-state index >= 15 is 0 Å². The Hall–Kier alpha value is -1.45. The summed E-state index contributed by atoms with van der Waals surface area (Å²) in [6.45, 7) is 4.39. The molecular formula is C17H20N2S. The first-order valence-electron chi connectivity index (χ1n) is 7.07. The minimum Gasteiger partial charge on any atom is -0.305 e. The van der Waals surface area contributed by atoms with Crippen LogP contribution in [-0.2, 0) is 12.0 Å². The molecule has 1 atom stereocenters. The van der Waals surface area contributed by atoms with Crippen LogP contribution >= 0.6 is 11.3 Å². The van der Waals surface area contributed by atoms with Gasteiger partial charge in [0.2, 0.25) is 0 Å². The molecule has 0 bridgehead atoms. The molecule has 0 saturated heterocycles. The molecule has 2 aromatic rings. The first-order valence-corrected chi connectivity index (χ1v) is 7.88. The number of nitrogens with zero attached hydrogens (tertiary/aromatic N) is 1. The summed E-state index contributed by atoms with van der Waals surface area (Å²) in [5, 5.41) is 4.64. The van der Waals surface area contributed by atoms with Crippen molar-refractivity contribution >= 4 is 17.4 Å². The molecule has 0 saturated carbocycles. The van der Waals surface area contributed by atoms with E-state index in [1.54, 1.807) is 0 Å². The lowest BCUT2D eigenvalue weighted by atomic mass is 9.89. The molecule has 1 aromatic heterocycles. The number of allylic oxidation sites excluding steroid dienone is 1. The molecule has 1 aliphatic carbocycles. The molecule has 3 rings (SSSR count). The summed E-state index contributed by atoms with van der Waals surface area (Å²) in [6, 6.07) is 8.55. The number of benzene rings is 1. The maximum Gasteiger partial charge on any atom is 0.118 e. The van der Waals surface area contributed by atoms with Crippen LogP contribution in [-0.4, -0.2) is 12.0 Å². The Morgan fingerprint density at radius 2 is 2.10 bits per heavy atom. The van der Waals surface area contributed by atoms with Crippen molar-refractivity contribution in [1.82, 2.24) is 10.3 Å². The number of aromatic nitrogens is 1. The van der Waals surface area contributed by atoms with Crippen LogP contribution in [0.1, 0.15) is 40.1 Å². The molecule has 0 spiro atoms. The molecule has 1 heterocycles. The number of aryl methyl sites for hydroxylation is 2. The highest BCUT2D eigenvalue weighted by Crippen LogP contribution is 2.36. The molecule has 1 aromatic carbocycles. The van der Waals surface area contributed by atoms with Crippen LogP contribution in [0.3, 0.4) is 0 Å². The largest absolute Gasteiger partial charge is 0.305 e. The molecule has 0 amide bonds. The average Bonchev–Trinajstić information content (AvgIpc) is 2.91. The molecule has 1 N–H and O–H groups in total. The normalized spacial score (nSPS) is 16.8. The number of fused-ring (bicyclic) bond motifs is 1. The molecule has 1 unspecified atom stereocenters. The molecule has 0 radical (unpaired) electrons. The van der Waals surface area contributed by atoms with Gasteiger partial charge in [0, 0.05) is 0 Å². The SMILES string of the molecule is CNC(C)(c1nc2c(s1)C=CCC2)c1ccccc1C. The van der Waals surface area contributed by atoms with E-state index in [0.717, 1.165) is 17.8 Å². The summed E-state index contributed by atoms with van der Waals surface area (Å²) in [6.07, 6.45) is 6.63. The third-order valence-corrected chi connectivity index (χ3v) is 5.44. The van der Waals surface area contributed by atoms with Crippen LogP contribution in [0.2, 0.25) is 0 Å². The van der Waals surface area contributed by atoms with Crippen molar-refractivity contribution in [1.29, 1.82) is 0 Å². The van der Waals surface area contributed by atoms with Crippen LogP contribution in [0.4, 0.5) is 0 Å². The van der Waals surface area contributed by atoms with Crippen LogP contribution in [0, 0.1) is 6.92 Å². The first kappa shape index (κ1) is 13.5. The van der Waals surface area contributed by atoms with Crippen LogP contribution in [0.25, 0.3) is 6.08 Å². The molecule has 104 valence electrons. The quantitative estimate of drug-likeness (QED) is 0.925. The monoisotopic (exact) mass is 284 g/mol. The molecule has 0 aliphatic heterocycles. The van der Waals surface area contributed by atoms with Crippen molar-refractivity contribution in [3.63, 3.8) is 0 Å². The zero-order valence-corrected chi connectivity index (χ0v) is 13.1. The van der Waals surface area contributed by atoms with Gasteiger partial charge in [-0.25, -0.2) is 4.98 Å². The lowest BCUT2D eigenvalue weighted by Crippen LogP contribution is -2.38. The van der Waals surface area contributed by atoms with Gasteiger partial charge in [-0.1, -0.05) is 30.3 Å². The van der Waals surface area contributed by atoms with Crippen molar-refractivity contribution < 1.29 is 0 Å². The Labute approximate surface area is 124 Å². The van der Waals surface area contributed by atoms with Crippen LogP contribution in [0.15, 0.2) is 30.3 Å². The van der Waals surface area contributed by atoms with E-state index in [1.165, 1.54) is 21.7 Å². The second kappa shape index (κ2) is 5.15. The fourth-order valence-electron chi connectivity index (χ4n) is 2.79. The van der Waals surface area contributed by atoms with Gasteiger partial charge in [0.25, 0.3) is 0 Å². The van der Waals surface area contributed by atoms with Crippen molar-refractivity contribution in [2.75, 3.05) is 7.05 Å². The topological polar surface area (TPSA) is 24.9 Å². The molecule has 20 heavy (non-hydrogen) atoms. The summed E-state index contributed by atoms with van der Waals surface area (Å²) >= 11 is 1.81. The molecule has 2 nitrogen and oxygen atoms in total. The Morgan fingerprint density at radius 3 is 2.80 bits per heavy atom. The van der Waals surface area contributed by atoms with Gasteiger partial charge in [-0.05, 0) is 50.9 Å². The van der Waals surface area contributed by atoms with Crippen molar-refractivity contribution in [2.24, 2.45) is 0 Å². The Balaban J connectivity index is 2.11. The highest BCUT2D eigenvalue weighted by Gasteiger charge is 2.32. The van der Waals surface area contributed by atoms with Crippen LogP contribution in [0.5, 0.6) is 0 Å². The van der Waals surface area contributed by atoms with E-state index in [0.29, 0.717) is 0 Å². The predicted octanol–water partition coefficient (Wildman–Crippen LogP) is 3.89. The number of nitrogens with one attached hydrogen (secondary N) is 1. The minimum absolute atomic E-state index is 0.221. The second-order valence-corrected chi connectivity index (χ2v) is 6.49. The van der Waals surface area contributed by atoms with Gasteiger partial charge < -0.3 is 5.32 Å². The van der Waals surface area contributed by atoms with Gasteiger partial charge >= 0.3 is 0 Å². The highest BCUT2D eigenvalue weighted by atomic mass is 32.1. The Kier molecular flexibility index (Phi) is 3.48.